The van der Waals surface area contributed by atoms with Gasteiger partial charge in [0, 0.05) is 30.5 Å². The molecule has 0 aromatic rings. The van der Waals surface area contributed by atoms with Crippen LogP contribution in [0.1, 0.15) is 58.3 Å². The molecule has 2 amide bonds. The Hall–Kier alpha value is -1.80. The number of rotatable bonds is 6. The van der Waals surface area contributed by atoms with Gasteiger partial charge in [0.05, 0.1) is 16.6 Å². The van der Waals surface area contributed by atoms with Crippen molar-refractivity contribution in [2.45, 2.75) is 79.9 Å². The number of nitrogens with zero attached hydrogens (tertiary/aromatic N) is 2. The van der Waals surface area contributed by atoms with Gasteiger partial charge in [-0.3, -0.25) is 14.4 Å². The first-order valence-electron chi connectivity index (χ1n) is 12.9. The molecule has 2 saturated heterocycles. The highest BCUT2D eigenvalue weighted by Gasteiger charge is 2.74. The van der Waals surface area contributed by atoms with E-state index in [2.05, 4.69) is 12.2 Å². The zero-order valence-corrected chi connectivity index (χ0v) is 20.8. The van der Waals surface area contributed by atoms with Crippen molar-refractivity contribution < 1.29 is 24.2 Å². The predicted molar refractivity (Wildman–Crippen MR) is 130 cm³/mol. The summed E-state index contributed by atoms with van der Waals surface area (Å²) < 4.78 is 4.10. The summed E-state index contributed by atoms with van der Waals surface area (Å²) in [6.07, 6.45) is 15.7. The molecule has 1 spiro atoms. The number of likely N-dealkylation sites (tertiary alicyclic amines) is 1. The number of aliphatic hydroxyl groups is 1. The van der Waals surface area contributed by atoms with Gasteiger partial charge in [-0.25, -0.2) is 0 Å². The molecule has 0 radical (unpaired) electrons. The van der Waals surface area contributed by atoms with E-state index in [0.29, 0.717) is 19.5 Å². The number of unbranched alkanes of at least 4 members (excludes halogenated alkanes) is 2. The molecule has 1 unspecified atom stereocenters. The maximum Gasteiger partial charge on any atom is 0.311 e. The monoisotopic (exact) mass is 488 g/mol. The lowest BCUT2D eigenvalue weighted by molar-refractivity contribution is -0.152. The number of ether oxygens (including phenoxy) is 1. The van der Waals surface area contributed by atoms with Crippen LogP contribution in [0.5, 0.6) is 0 Å². The second-order valence-corrected chi connectivity index (χ2v) is 12.3. The molecule has 34 heavy (non-hydrogen) atoms. The van der Waals surface area contributed by atoms with E-state index in [0.717, 1.165) is 38.5 Å². The number of hydrogen-bond acceptors (Lipinski definition) is 6. The first-order valence-corrected chi connectivity index (χ1v) is 13.7. The van der Waals surface area contributed by atoms with Gasteiger partial charge in [-0.05, 0) is 45.1 Å². The van der Waals surface area contributed by atoms with Crippen LogP contribution >= 0.6 is 11.8 Å². The largest absolute Gasteiger partial charge is 0.461 e. The maximum atomic E-state index is 14.3. The van der Waals surface area contributed by atoms with Crippen molar-refractivity contribution in [2.75, 3.05) is 26.3 Å². The summed E-state index contributed by atoms with van der Waals surface area (Å²) >= 11 is 1.61. The number of carbonyl (C=O) groups excluding carboxylic acids is 3. The molecule has 0 aromatic heterocycles. The van der Waals surface area contributed by atoms with E-state index in [1.165, 1.54) is 6.42 Å². The van der Waals surface area contributed by atoms with Crippen molar-refractivity contribution in [3.63, 3.8) is 0 Å². The van der Waals surface area contributed by atoms with Gasteiger partial charge in [0.15, 0.2) is 0 Å². The summed E-state index contributed by atoms with van der Waals surface area (Å²) in [7, 11) is 0. The molecule has 5 aliphatic rings. The van der Waals surface area contributed by atoms with Crippen LogP contribution in [-0.4, -0.2) is 80.6 Å². The van der Waals surface area contributed by atoms with Crippen LogP contribution in [0.3, 0.4) is 0 Å². The number of cyclic esters (lactones) is 1. The van der Waals surface area contributed by atoms with Gasteiger partial charge in [-0.2, -0.15) is 0 Å². The van der Waals surface area contributed by atoms with Crippen molar-refractivity contribution >= 4 is 29.5 Å². The molecule has 0 bridgehead atoms. The smallest absolute Gasteiger partial charge is 0.311 e. The average Bonchev–Trinajstić information content (AvgIpc) is 3.08. The van der Waals surface area contributed by atoms with Gasteiger partial charge in [0.2, 0.25) is 11.8 Å². The molecule has 186 valence electrons. The molecule has 4 heterocycles. The van der Waals surface area contributed by atoms with Gasteiger partial charge in [0.25, 0.3) is 0 Å². The number of thioether (sulfide) groups is 1. The van der Waals surface area contributed by atoms with Crippen LogP contribution in [0.2, 0.25) is 0 Å². The molecule has 4 aliphatic heterocycles. The van der Waals surface area contributed by atoms with E-state index in [1.807, 2.05) is 24.0 Å². The van der Waals surface area contributed by atoms with E-state index in [-0.39, 0.29) is 37.0 Å². The third-order valence-electron chi connectivity index (χ3n) is 8.42. The molecule has 1 N–H and O–H groups in total. The SMILES string of the molecule is C[C@@]12C=CCOC(=O)[C@@H]1[C@H]1C(=O)N(CCCCCO)C3C(=O)N(C4CCCCC4)CC=C[C@@]31S2. The summed E-state index contributed by atoms with van der Waals surface area (Å²) in [5, 5.41) is 9.19. The Bertz CT molecular complexity index is 900. The number of esters is 1. The number of aliphatic hydroxyl groups excluding tert-OH is 1. The normalized spacial score (nSPS) is 37.8. The van der Waals surface area contributed by atoms with Crippen LogP contribution in [0.25, 0.3) is 0 Å². The minimum Gasteiger partial charge on any atom is -0.461 e. The number of hydrogen-bond donors (Lipinski definition) is 1. The summed E-state index contributed by atoms with van der Waals surface area (Å²) in [6.45, 7) is 3.38. The van der Waals surface area contributed by atoms with Crippen LogP contribution in [0.15, 0.2) is 24.3 Å². The maximum absolute atomic E-state index is 14.3. The Labute approximate surface area is 205 Å². The Kier molecular flexibility index (Phi) is 6.57. The molecule has 7 nitrogen and oxygen atoms in total. The Morgan fingerprint density at radius 2 is 1.82 bits per heavy atom. The van der Waals surface area contributed by atoms with Gasteiger partial charge in [0.1, 0.15) is 12.6 Å². The summed E-state index contributed by atoms with van der Waals surface area (Å²) in [4.78, 5) is 45.2. The lowest BCUT2D eigenvalue weighted by Crippen LogP contribution is -2.55. The number of fused-ring (bicyclic) bond motifs is 2. The van der Waals surface area contributed by atoms with Crippen molar-refractivity contribution in [2.24, 2.45) is 11.8 Å². The van der Waals surface area contributed by atoms with Gasteiger partial charge < -0.3 is 19.6 Å². The molecule has 5 atom stereocenters. The fraction of sp³-hybridized carbons (Fsp3) is 0.731. The van der Waals surface area contributed by atoms with E-state index in [9.17, 15) is 19.5 Å². The van der Waals surface area contributed by atoms with Crippen LogP contribution < -0.4 is 0 Å². The molecular formula is C26H36N2O5S. The first-order chi connectivity index (χ1) is 16.4. The van der Waals surface area contributed by atoms with Crippen LogP contribution in [0.4, 0.5) is 0 Å². The standard InChI is InChI=1S/C26H36N2O5S/c1-25-12-9-17-33-24(32)20(25)19-22(30)28(14-6-3-7-16-29)21-23(31)27(18-10-4-2-5-11-18)15-8-13-26(19,21)34-25/h8-9,12-13,18-21,29H,2-7,10-11,14-17H2,1H3/t19-,20-,21?,25+,26-/m0/s1. The van der Waals surface area contributed by atoms with Crippen molar-refractivity contribution in [1.29, 1.82) is 0 Å². The Morgan fingerprint density at radius 1 is 1.03 bits per heavy atom. The third kappa shape index (κ3) is 3.72. The highest BCUT2D eigenvalue weighted by molar-refractivity contribution is 8.02. The molecular weight excluding hydrogens is 452 g/mol. The summed E-state index contributed by atoms with van der Waals surface area (Å²) in [6, 6.07) is -0.404. The minimum atomic E-state index is -0.783. The second kappa shape index (κ2) is 9.34. The Balaban J connectivity index is 1.55. The van der Waals surface area contributed by atoms with E-state index in [1.54, 1.807) is 16.7 Å². The number of amides is 2. The fourth-order valence-electron chi connectivity index (χ4n) is 6.90. The summed E-state index contributed by atoms with van der Waals surface area (Å²) in [5.41, 5.74) is 0. The van der Waals surface area contributed by atoms with Crippen LogP contribution in [0, 0.1) is 11.8 Å². The predicted octanol–water partition coefficient (Wildman–Crippen LogP) is 2.68. The molecule has 5 rings (SSSR count). The molecule has 1 aliphatic carbocycles. The van der Waals surface area contributed by atoms with E-state index < -0.39 is 27.4 Å². The lowest BCUT2D eigenvalue weighted by atomic mass is 9.75. The highest BCUT2D eigenvalue weighted by Crippen LogP contribution is 2.65. The third-order valence-corrected chi connectivity index (χ3v) is 10.2. The average molecular weight is 489 g/mol. The van der Waals surface area contributed by atoms with E-state index >= 15 is 0 Å². The summed E-state index contributed by atoms with van der Waals surface area (Å²) in [5.74, 6) is -1.66. The zero-order valence-electron chi connectivity index (χ0n) is 20.0. The van der Waals surface area contributed by atoms with E-state index in [4.69, 9.17) is 4.74 Å². The second-order valence-electron chi connectivity index (χ2n) is 10.5. The van der Waals surface area contributed by atoms with Crippen LogP contribution in [-0.2, 0) is 19.1 Å². The number of carbonyl (C=O) groups is 3. The van der Waals surface area contributed by atoms with Crippen molar-refractivity contribution in [3.05, 3.63) is 24.3 Å². The molecule has 0 aromatic carbocycles. The zero-order chi connectivity index (χ0) is 23.9. The topological polar surface area (TPSA) is 87.1 Å². The van der Waals surface area contributed by atoms with Crippen molar-refractivity contribution in [1.82, 2.24) is 9.80 Å². The van der Waals surface area contributed by atoms with Gasteiger partial charge >= 0.3 is 5.97 Å². The quantitative estimate of drug-likeness (QED) is 0.351. The Morgan fingerprint density at radius 3 is 2.59 bits per heavy atom. The molecule has 1 saturated carbocycles. The van der Waals surface area contributed by atoms with Gasteiger partial charge in [-0.15, -0.1) is 11.8 Å². The van der Waals surface area contributed by atoms with Gasteiger partial charge in [-0.1, -0.05) is 37.5 Å². The highest BCUT2D eigenvalue weighted by atomic mass is 32.2. The molecule has 8 heteroatoms. The molecule has 3 fully saturated rings. The fourth-order valence-corrected chi connectivity index (χ4v) is 9.06. The lowest BCUT2D eigenvalue weighted by Gasteiger charge is -2.40. The minimum absolute atomic E-state index is 0.0276. The first kappa shape index (κ1) is 23.9. The van der Waals surface area contributed by atoms with Crippen molar-refractivity contribution in [3.8, 4) is 0 Å².